The van der Waals surface area contributed by atoms with Crippen molar-refractivity contribution >= 4 is 28.8 Å². The van der Waals surface area contributed by atoms with Crippen molar-refractivity contribution in [2.45, 2.75) is 32.9 Å². The highest BCUT2D eigenvalue weighted by Gasteiger charge is 2.46. The fourth-order valence-corrected chi connectivity index (χ4v) is 4.68. The summed E-state index contributed by atoms with van der Waals surface area (Å²) in [5.41, 5.74) is 2.59. The van der Waals surface area contributed by atoms with Gasteiger partial charge in [0.2, 0.25) is 0 Å². The molecule has 1 aliphatic rings. The maximum atomic E-state index is 13.0. The number of hydrogen-bond acceptors (Lipinski definition) is 5. The molecule has 1 amide bonds. The van der Waals surface area contributed by atoms with Gasteiger partial charge in [0.05, 0.1) is 17.9 Å². The van der Waals surface area contributed by atoms with Crippen LogP contribution in [0.25, 0.3) is 5.76 Å². The van der Waals surface area contributed by atoms with Crippen LogP contribution in [-0.2, 0) is 16.1 Å². The molecule has 1 saturated heterocycles. The first kappa shape index (κ1) is 20.1. The van der Waals surface area contributed by atoms with E-state index in [1.807, 2.05) is 60.3 Å². The Morgan fingerprint density at radius 3 is 2.73 bits per heavy atom. The average molecular weight is 422 g/mol. The number of aromatic nitrogens is 2. The lowest BCUT2D eigenvalue weighted by Crippen LogP contribution is -2.31. The molecule has 1 atom stereocenters. The summed E-state index contributed by atoms with van der Waals surface area (Å²) in [4.78, 5) is 32.4. The van der Waals surface area contributed by atoms with Gasteiger partial charge in [-0.25, -0.2) is 4.98 Å². The molecule has 3 heterocycles. The molecule has 0 spiro atoms. The molecular formula is C23H23N3O3S. The van der Waals surface area contributed by atoms with Crippen molar-refractivity contribution in [3.05, 3.63) is 81.6 Å². The molecule has 0 radical (unpaired) electrons. The lowest BCUT2D eigenvalue weighted by molar-refractivity contribution is -0.139. The first-order valence-corrected chi connectivity index (χ1v) is 10.7. The number of carbonyl (C=O) groups is 2. The summed E-state index contributed by atoms with van der Waals surface area (Å²) in [5.74, 6) is -1.30. The predicted octanol–water partition coefficient (Wildman–Crippen LogP) is 4.07. The van der Waals surface area contributed by atoms with Crippen molar-refractivity contribution in [3.8, 4) is 0 Å². The third-order valence-corrected chi connectivity index (χ3v) is 6.30. The summed E-state index contributed by atoms with van der Waals surface area (Å²) in [6, 6.07) is 8.93. The molecule has 2 aromatic heterocycles. The molecule has 0 saturated carbocycles. The van der Waals surface area contributed by atoms with Crippen molar-refractivity contribution in [2.24, 2.45) is 0 Å². The highest BCUT2D eigenvalue weighted by atomic mass is 32.1. The Hall–Kier alpha value is -3.19. The highest BCUT2D eigenvalue weighted by Crippen LogP contribution is 2.41. The van der Waals surface area contributed by atoms with Crippen molar-refractivity contribution in [2.75, 3.05) is 6.54 Å². The number of imidazole rings is 1. The minimum Gasteiger partial charge on any atom is -0.507 e. The van der Waals surface area contributed by atoms with Crippen molar-refractivity contribution in [1.29, 1.82) is 0 Å². The first-order valence-electron chi connectivity index (χ1n) is 9.82. The Kier molecular flexibility index (Phi) is 5.55. The van der Waals surface area contributed by atoms with Crippen LogP contribution < -0.4 is 0 Å². The number of hydrogen-bond donors (Lipinski definition) is 1. The molecule has 1 aliphatic heterocycles. The van der Waals surface area contributed by atoms with E-state index < -0.39 is 17.7 Å². The fourth-order valence-electron chi connectivity index (χ4n) is 3.83. The average Bonchev–Trinajstić information content (AvgIpc) is 3.47. The van der Waals surface area contributed by atoms with Crippen LogP contribution in [-0.4, -0.2) is 37.8 Å². The molecule has 0 bridgehead atoms. The largest absolute Gasteiger partial charge is 0.507 e. The minimum atomic E-state index is -0.630. The Morgan fingerprint density at radius 2 is 2.03 bits per heavy atom. The number of aliphatic hydroxyl groups is 1. The van der Waals surface area contributed by atoms with E-state index in [1.165, 1.54) is 11.3 Å². The number of amides is 1. The van der Waals surface area contributed by atoms with E-state index in [4.69, 9.17) is 0 Å². The smallest absolute Gasteiger partial charge is 0.295 e. The van der Waals surface area contributed by atoms with E-state index in [2.05, 4.69) is 4.98 Å². The van der Waals surface area contributed by atoms with Gasteiger partial charge in [-0.2, -0.15) is 0 Å². The van der Waals surface area contributed by atoms with Crippen LogP contribution in [0.3, 0.4) is 0 Å². The fraction of sp³-hybridized carbons (Fsp3) is 0.261. The second-order valence-corrected chi connectivity index (χ2v) is 8.46. The molecule has 154 valence electrons. The summed E-state index contributed by atoms with van der Waals surface area (Å²) in [5, 5.41) is 13.1. The number of thiophene rings is 1. The maximum absolute atomic E-state index is 13.0. The van der Waals surface area contributed by atoms with E-state index in [-0.39, 0.29) is 11.3 Å². The third kappa shape index (κ3) is 3.68. The number of Topliss-reactive ketones (excluding diaryl/α,β-unsaturated/α-hetero) is 1. The van der Waals surface area contributed by atoms with Gasteiger partial charge in [0.1, 0.15) is 5.76 Å². The predicted molar refractivity (Wildman–Crippen MR) is 116 cm³/mol. The summed E-state index contributed by atoms with van der Waals surface area (Å²) in [6.07, 6.45) is 5.98. The lowest BCUT2D eigenvalue weighted by Gasteiger charge is -2.24. The van der Waals surface area contributed by atoms with Crippen LogP contribution in [0.1, 0.15) is 34.0 Å². The number of carbonyl (C=O) groups excluding carboxylic acids is 2. The first-order chi connectivity index (χ1) is 14.5. The Morgan fingerprint density at radius 1 is 1.20 bits per heavy atom. The number of ketones is 1. The third-order valence-electron chi connectivity index (χ3n) is 5.38. The molecule has 4 rings (SSSR count). The zero-order valence-corrected chi connectivity index (χ0v) is 17.7. The zero-order valence-electron chi connectivity index (χ0n) is 16.9. The summed E-state index contributed by atoms with van der Waals surface area (Å²) >= 11 is 1.48. The number of aryl methyl sites for hydroxylation is 3. The number of nitrogens with zero attached hydrogens (tertiary/aromatic N) is 3. The van der Waals surface area contributed by atoms with E-state index in [9.17, 15) is 14.7 Å². The van der Waals surface area contributed by atoms with Gasteiger partial charge in [-0.15, -0.1) is 11.3 Å². The van der Waals surface area contributed by atoms with Crippen LogP contribution in [0.4, 0.5) is 0 Å². The van der Waals surface area contributed by atoms with Crippen molar-refractivity contribution in [1.82, 2.24) is 14.5 Å². The topological polar surface area (TPSA) is 75.4 Å². The summed E-state index contributed by atoms with van der Waals surface area (Å²) in [6.45, 7) is 4.92. The van der Waals surface area contributed by atoms with Crippen LogP contribution >= 0.6 is 11.3 Å². The van der Waals surface area contributed by atoms with Gasteiger partial charge < -0.3 is 14.6 Å². The van der Waals surface area contributed by atoms with Gasteiger partial charge in [0, 0.05) is 35.9 Å². The van der Waals surface area contributed by atoms with Crippen LogP contribution in [0.15, 0.2) is 60.0 Å². The Labute approximate surface area is 179 Å². The molecule has 3 aromatic rings. The second kappa shape index (κ2) is 8.28. The van der Waals surface area contributed by atoms with E-state index in [0.717, 1.165) is 16.0 Å². The van der Waals surface area contributed by atoms with Crippen molar-refractivity contribution in [3.63, 3.8) is 0 Å². The molecule has 7 heteroatoms. The zero-order chi connectivity index (χ0) is 21.3. The van der Waals surface area contributed by atoms with Gasteiger partial charge in [0.25, 0.3) is 11.7 Å². The normalized spacial score (nSPS) is 18.3. The molecular weight excluding hydrogens is 398 g/mol. The minimum absolute atomic E-state index is 0.106. The Bertz CT molecular complexity index is 1100. The molecule has 6 nitrogen and oxygen atoms in total. The van der Waals surface area contributed by atoms with Crippen molar-refractivity contribution < 1.29 is 14.7 Å². The molecule has 1 unspecified atom stereocenters. The number of aliphatic hydroxyl groups excluding tert-OH is 1. The molecule has 30 heavy (non-hydrogen) atoms. The van der Waals surface area contributed by atoms with Crippen LogP contribution in [0.5, 0.6) is 0 Å². The molecule has 1 fully saturated rings. The number of rotatable bonds is 6. The van der Waals surface area contributed by atoms with E-state index >= 15 is 0 Å². The van der Waals surface area contributed by atoms with Gasteiger partial charge >= 0.3 is 0 Å². The number of likely N-dealkylation sites (tertiary alicyclic amines) is 1. The van der Waals surface area contributed by atoms with Gasteiger partial charge in [-0.1, -0.05) is 23.8 Å². The second-order valence-electron chi connectivity index (χ2n) is 7.48. The van der Waals surface area contributed by atoms with E-state index in [0.29, 0.717) is 25.1 Å². The molecule has 1 N–H and O–H groups in total. The van der Waals surface area contributed by atoms with Gasteiger partial charge in [-0.3, -0.25) is 9.59 Å². The van der Waals surface area contributed by atoms with Gasteiger partial charge in [0.15, 0.2) is 0 Å². The SMILES string of the molecule is Cc1ccc(C)c(/C(O)=C2\C(=O)C(=O)N(CCCn3ccnc3)C2c2cccs2)c1. The van der Waals surface area contributed by atoms with Crippen LogP contribution in [0.2, 0.25) is 0 Å². The van der Waals surface area contributed by atoms with E-state index in [1.54, 1.807) is 17.4 Å². The highest BCUT2D eigenvalue weighted by molar-refractivity contribution is 7.10. The number of benzene rings is 1. The monoisotopic (exact) mass is 421 g/mol. The summed E-state index contributed by atoms with van der Waals surface area (Å²) < 4.78 is 1.94. The molecule has 0 aliphatic carbocycles. The Balaban J connectivity index is 1.73. The molecule has 1 aromatic carbocycles. The standard InChI is InChI=1S/C23H23N3O3S/c1-15-6-7-16(2)17(13-15)21(27)19-20(18-5-3-12-30-18)26(23(29)22(19)28)10-4-9-25-11-8-24-14-25/h3,5-8,11-14,20,27H,4,9-10H2,1-2H3/b21-19+. The quantitative estimate of drug-likeness (QED) is 0.370. The summed E-state index contributed by atoms with van der Waals surface area (Å²) in [7, 11) is 0. The van der Waals surface area contributed by atoms with Crippen LogP contribution in [0, 0.1) is 13.8 Å². The lowest BCUT2D eigenvalue weighted by atomic mass is 9.96. The maximum Gasteiger partial charge on any atom is 0.295 e. The van der Waals surface area contributed by atoms with Gasteiger partial charge in [-0.05, 0) is 43.3 Å².